The van der Waals surface area contributed by atoms with Gasteiger partial charge in [-0.2, -0.15) is 5.09 Å². The zero-order chi connectivity index (χ0) is 33.3. The van der Waals surface area contributed by atoms with Crippen LogP contribution in [0, 0.1) is 11.8 Å². The van der Waals surface area contributed by atoms with Gasteiger partial charge in [-0.1, -0.05) is 64.1 Å². The smallest absolute Gasteiger partial charge is 0.459 e. The maximum absolute atomic E-state index is 15.9. The van der Waals surface area contributed by atoms with E-state index in [1.165, 1.54) is 0 Å². The quantitative estimate of drug-likeness (QED) is 0.201. The topological polar surface area (TPSA) is 158 Å². The van der Waals surface area contributed by atoms with Crippen LogP contribution in [0.25, 0.3) is 10.8 Å². The molecule has 1 saturated heterocycles. The Labute approximate surface area is 250 Å². The molecule has 0 radical (unpaired) electrons. The number of ether oxygens (including phenoxy) is 2. The van der Waals surface area contributed by atoms with Crippen LogP contribution in [0.3, 0.4) is 0 Å². The number of aliphatic hydroxyl groups is 1. The van der Waals surface area contributed by atoms with E-state index in [2.05, 4.69) is 5.09 Å². The summed E-state index contributed by atoms with van der Waals surface area (Å²) in [5.41, 5.74) is -5.10. The summed E-state index contributed by atoms with van der Waals surface area (Å²) in [6.07, 6.45) is -6.45. The molecule has 12 nitrogen and oxygen atoms in total. The predicted molar refractivity (Wildman–Crippen MR) is 156 cm³/mol. The molecule has 1 aliphatic rings. The van der Waals surface area contributed by atoms with Gasteiger partial charge in [-0.3, -0.25) is 23.7 Å². The number of aromatic nitrogens is 2. The molecule has 0 amide bonds. The number of alkyl halides is 1. The first-order chi connectivity index (χ1) is 21.1. The van der Waals surface area contributed by atoms with E-state index < -0.39 is 79.9 Å². The van der Waals surface area contributed by atoms with E-state index in [1.807, 2.05) is 37.0 Å². The molecule has 2 heterocycles. The normalized spacial score (nSPS) is 24.9. The number of aromatic amines is 1. The maximum atomic E-state index is 15.9. The summed E-state index contributed by atoms with van der Waals surface area (Å²) in [5.74, 6) is -0.980. The second kappa shape index (κ2) is 13.1. The summed E-state index contributed by atoms with van der Waals surface area (Å²) in [6.45, 7) is 7.36. The summed E-state index contributed by atoms with van der Waals surface area (Å²) in [4.78, 5) is 39.1. The lowest BCUT2D eigenvalue weighted by atomic mass is 9.98. The number of carbonyl (C=O) groups excluding carboxylic acids is 1. The van der Waals surface area contributed by atoms with E-state index in [-0.39, 0.29) is 18.3 Å². The Morgan fingerprint density at radius 1 is 1.23 bits per heavy atom. The summed E-state index contributed by atoms with van der Waals surface area (Å²) in [6, 6.07) is 10.1. The molecule has 234 valence electrons. The van der Waals surface area contributed by atoms with Gasteiger partial charge in [0.2, 0.25) is 0 Å². The van der Waals surface area contributed by atoms with Crippen molar-refractivity contribution >= 4 is 24.5 Å². The molecule has 0 aliphatic carbocycles. The Bertz CT molecular complexity index is 1710. The van der Waals surface area contributed by atoms with E-state index in [0.29, 0.717) is 9.95 Å². The molecular weight excluding hydrogens is 584 g/mol. The molecular formula is C29H37FN3O9P. The third-order valence-electron chi connectivity index (χ3n) is 6.83. The third kappa shape index (κ3) is 7.42. The van der Waals surface area contributed by atoms with Crippen LogP contribution in [0.15, 0.2) is 64.3 Å². The first-order valence-corrected chi connectivity index (χ1v) is 15.3. The zero-order valence-corrected chi connectivity index (χ0v) is 25.3. The fourth-order valence-electron chi connectivity index (χ4n) is 4.49. The van der Waals surface area contributed by atoms with Gasteiger partial charge in [-0.25, -0.2) is 13.8 Å². The van der Waals surface area contributed by atoms with E-state index >= 15 is 4.39 Å². The van der Waals surface area contributed by atoms with Gasteiger partial charge < -0.3 is 19.1 Å². The standard InChI is InChI=1S/C29H37FN3O9P/c1-17(2)15-39-26(36)24(18(3)4)32-43(38,42-21-12-8-10-19-9-6-7-11-20(19)21)40-16-22-25(35)29(5,30)27(41-22)33-14-13-23(34)31-28(33)37/h6-14,17-18,22,24-25,27,35H,15-16H2,1-5H3,(H,32,38)(H,31,34,37)/t22-,24?,25-,27-,29-,43?/m1/s1/i13D,14D. The lowest BCUT2D eigenvalue weighted by molar-refractivity contribution is -0.148. The number of rotatable bonds is 12. The van der Waals surface area contributed by atoms with Gasteiger partial charge in [0.05, 0.1) is 16.0 Å². The zero-order valence-electron chi connectivity index (χ0n) is 26.4. The minimum Gasteiger partial charge on any atom is -0.464 e. The number of benzene rings is 2. The third-order valence-corrected chi connectivity index (χ3v) is 8.35. The lowest BCUT2D eigenvalue weighted by Gasteiger charge is -2.28. The number of hydrogen-bond acceptors (Lipinski definition) is 9. The molecule has 4 rings (SSSR count). The number of nitrogens with zero attached hydrogens (tertiary/aromatic N) is 1. The summed E-state index contributed by atoms with van der Waals surface area (Å²) >= 11 is 0. The van der Waals surface area contributed by atoms with Crippen molar-refractivity contribution in [2.75, 3.05) is 13.2 Å². The largest absolute Gasteiger partial charge is 0.464 e. The minimum atomic E-state index is -4.55. The summed E-state index contributed by atoms with van der Waals surface area (Å²) in [7, 11) is -4.55. The highest BCUT2D eigenvalue weighted by Gasteiger charge is 2.56. The molecule has 3 aromatic rings. The molecule has 3 N–H and O–H groups in total. The number of nitrogens with one attached hydrogen (secondary N) is 2. The molecule has 6 atom stereocenters. The molecule has 14 heteroatoms. The highest BCUT2D eigenvalue weighted by Crippen LogP contribution is 2.49. The van der Waals surface area contributed by atoms with Gasteiger partial charge >= 0.3 is 19.4 Å². The Balaban J connectivity index is 1.66. The highest BCUT2D eigenvalue weighted by molar-refractivity contribution is 7.52. The van der Waals surface area contributed by atoms with Gasteiger partial charge in [0, 0.05) is 17.6 Å². The first-order valence-electron chi connectivity index (χ1n) is 14.8. The summed E-state index contributed by atoms with van der Waals surface area (Å²) < 4.78 is 69.1. The Morgan fingerprint density at radius 3 is 2.63 bits per heavy atom. The monoisotopic (exact) mass is 623 g/mol. The number of H-pyrrole nitrogens is 1. The number of hydrogen-bond donors (Lipinski definition) is 3. The Hall–Kier alpha value is -3.35. The number of halogens is 1. The highest BCUT2D eigenvalue weighted by atomic mass is 31.2. The fraction of sp³-hybridized carbons (Fsp3) is 0.483. The van der Waals surface area contributed by atoms with Gasteiger partial charge in [0.1, 0.15) is 24.0 Å². The molecule has 1 aromatic heterocycles. The van der Waals surface area contributed by atoms with Crippen molar-refractivity contribution in [2.45, 2.75) is 64.8 Å². The number of carbonyl (C=O) groups is 1. The first kappa shape index (κ1) is 29.7. The molecule has 0 saturated carbocycles. The van der Waals surface area contributed by atoms with Gasteiger partial charge in [0.15, 0.2) is 11.9 Å². The van der Waals surface area contributed by atoms with Crippen molar-refractivity contribution in [3.8, 4) is 5.75 Å². The van der Waals surface area contributed by atoms with Gasteiger partial charge in [0.25, 0.3) is 5.56 Å². The van der Waals surface area contributed by atoms with Gasteiger partial charge in [-0.05, 0) is 30.2 Å². The van der Waals surface area contributed by atoms with Crippen molar-refractivity contribution in [1.82, 2.24) is 14.6 Å². The van der Waals surface area contributed by atoms with Gasteiger partial charge in [-0.15, -0.1) is 0 Å². The SMILES string of the molecule is [2H]c1c([2H])n([C@@H]2O[C@H](COP(=O)(NC(C(=O)OCC(C)C)C(C)C)Oc3cccc4ccccc34)[C@@H](O)[C@@]2(C)F)c(=O)[nH]c1=O. The molecule has 0 bridgehead atoms. The van der Waals surface area contributed by atoms with Crippen molar-refractivity contribution in [3.05, 3.63) is 75.5 Å². The molecule has 2 aromatic carbocycles. The molecule has 2 unspecified atom stereocenters. The van der Waals surface area contributed by atoms with Crippen molar-refractivity contribution in [2.24, 2.45) is 11.8 Å². The second-order valence-corrected chi connectivity index (χ2v) is 12.9. The van der Waals surface area contributed by atoms with E-state index in [4.69, 9.17) is 21.3 Å². The van der Waals surface area contributed by atoms with E-state index in [0.717, 1.165) is 12.3 Å². The lowest BCUT2D eigenvalue weighted by Crippen LogP contribution is -2.44. The van der Waals surface area contributed by atoms with Crippen LogP contribution in [-0.2, 0) is 23.4 Å². The molecule has 43 heavy (non-hydrogen) atoms. The van der Waals surface area contributed by atoms with E-state index in [1.54, 1.807) is 38.1 Å². The number of fused-ring (bicyclic) bond motifs is 1. The Kier molecular flexibility index (Phi) is 9.06. The average Bonchev–Trinajstić information content (AvgIpc) is 3.20. The average molecular weight is 624 g/mol. The van der Waals surface area contributed by atoms with Crippen LogP contribution in [-0.4, -0.2) is 57.8 Å². The second-order valence-electron chi connectivity index (χ2n) is 11.2. The molecule has 1 aliphatic heterocycles. The van der Waals surface area contributed by atoms with Crippen molar-refractivity contribution in [3.63, 3.8) is 0 Å². The minimum absolute atomic E-state index is 0.0334. The Morgan fingerprint density at radius 2 is 1.93 bits per heavy atom. The summed E-state index contributed by atoms with van der Waals surface area (Å²) in [5, 5.41) is 14.9. The van der Waals surface area contributed by atoms with Crippen molar-refractivity contribution < 1.29 is 40.1 Å². The van der Waals surface area contributed by atoms with Crippen molar-refractivity contribution in [1.29, 1.82) is 0 Å². The molecule has 0 spiro atoms. The van der Waals surface area contributed by atoms with Crippen LogP contribution in [0.4, 0.5) is 4.39 Å². The number of esters is 1. The maximum Gasteiger partial charge on any atom is 0.459 e. The van der Waals surface area contributed by atoms with Crippen LogP contribution in [0.5, 0.6) is 5.75 Å². The van der Waals surface area contributed by atoms with Crippen LogP contribution in [0.1, 0.15) is 43.6 Å². The number of aliphatic hydroxyl groups excluding tert-OH is 1. The predicted octanol–water partition coefficient (Wildman–Crippen LogP) is 3.69. The van der Waals surface area contributed by atoms with E-state index in [9.17, 15) is 24.1 Å². The fourth-order valence-corrected chi connectivity index (χ4v) is 6.18. The van der Waals surface area contributed by atoms with Crippen LogP contribution in [0.2, 0.25) is 0 Å². The molecule has 1 fully saturated rings. The van der Waals surface area contributed by atoms with Crippen LogP contribution < -0.4 is 20.9 Å². The van der Waals surface area contributed by atoms with Crippen LogP contribution >= 0.6 is 7.75 Å².